The Kier molecular flexibility index (Phi) is 7.44. The maximum Gasteiger partial charge on any atom is 0.277 e. The summed E-state index contributed by atoms with van der Waals surface area (Å²) >= 11 is 0. The number of aliphatic hydroxyl groups excluding tert-OH is 1. The van der Waals surface area contributed by atoms with Gasteiger partial charge in [-0.1, -0.05) is 6.92 Å². The molecule has 0 radical (unpaired) electrons. The second kappa shape index (κ2) is 9.79. The standard InChI is InChI=1S/C18H19F3N2O4/c1-2-8-26-11-3-6-15(14(20)10-11)22-17-12(4-5-13(19)16(17)21)18(25)23-27-9-7-24/h3-6,10,22,24H,2,7-9H2,1H3,(H,23,25). The molecule has 0 atom stereocenters. The molecular weight excluding hydrogens is 365 g/mol. The number of amides is 1. The van der Waals surface area contributed by atoms with Crippen LogP contribution >= 0.6 is 0 Å². The molecule has 0 aromatic heterocycles. The van der Waals surface area contributed by atoms with Crippen LogP contribution in [0.15, 0.2) is 30.3 Å². The van der Waals surface area contributed by atoms with E-state index in [2.05, 4.69) is 10.2 Å². The first-order valence-electron chi connectivity index (χ1n) is 8.18. The van der Waals surface area contributed by atoms with Crippen molar-refractivity contribution in [3.05, 3.63) is 53.3 Å². The third-order valence-corrected chi connectivity index (χ3v) is 3.37. The molecule has 2 aromatic carbocycles. The van der Waals surface area contributed by atoms with Crippen molar-refractivity contribution < 1.29 is 32.6 Å². The molecule has 2 rings (SSSR count). The average molecular weight is 384 g/mol. The molecule has 0 saturated carbocycles. The minimum absolute atomic E-state index is 0.173. The van der Waals surface area contributed by atoms with Crippen molar-refractivity contribution >= 4 is 17.3 Å². The normalized spacial score (nSPS) is 10.6. The van der Waals surface area contributed by atoms with Crippen LogP contribution in [0.25, 0.3) is 0 Å². The van der Waals surface area contributed by atoms with Crippen LogP contribution in [0.4, 0.5) is 24.5 Å². The highest BCUT2D eigenvalue weighted by molar-refractivity contribution is 6.00. The van der Waals surface area contributed by atoms with Gasteiger partial charge in [0.1, 0.15) is 11.6 Å². The summed E-state index contributed by atoms with van der Waals surface area (Å²) in [5.41, 5.74) is 0.943. The second-order valence-corrected chi connectivity index (χ2v) is 5.40. The zero-order valence-electron chi connectivity index (χ0n) is 14.5. The van der Waals surface area contributed by atoms with Gasteiger partial charge in [-0.2, -0.15) is 0 Å². The highest BCUT2D eigenvalue weighted by atomic mass is 19.2. The summed E-state index contributed by atoms with van der Waals surface area (Å²) in [7, 11) is 0. The summed E-state index contributed by atoms with van der Waals surface area (Å²) in [5.74, 6) is -3.94. The van der Waals surface area contributed by atoms with Crippen molar-refractivity contribution in [2.75, 3.05) is 25.1 Å². The summed E-state index contributed by atoms with van der Waals surface area (Å²) in [6, 6.07) is 5.63. The molecule has 0 fully saturated rings. The van der Waals surface area contributed by atoms with Crippen molar-refractivity contribution in [2.45, 2.75) is 13.3 Å². The Bertz CT molecular complexity index is 802. The van der Waals surface area contributed by atoms with Crippen LogP contribution in [0.1, 0.15) is 23.7 Å². The minimum atomic E-state index is -1.35. The molecule has 0 aliphatic rings. The SMILES string of the molecule is CCCOc1ccc(Nc2c(C(=O)NOCCO)ccc(F)c2F)c(F)c1. The molecule has 3 N–H and O–H groups in total. The number of rotatable bonds is 9. The summed E-state index contributed by atoms with van der Waals surface area (Å²) in [4.78, 5) is 16.8. The first kappa shape index (κ1) is 20.5. The fourth-order valence-corrected chi connectivity index (χ4v) is 2.12. The fourth-order valence-electron chi connectivity index (χ4n) is 2.12. The molecule has 0 saturated heterocycles. The number of anilines is 2. The van der Waals surface area contributed by atoms with Gasteiger partial charge in [0.15, 0.2) is 11.6 Å². The number of benzene rings is 2. The Hall–Kier alpha value is -2.78. The molecule has 27 heavy (non-hydrogen) atoms. The third-order valence-electron chi connectivity index (χ3n) is 3.37. The zero-order valence-corrected chi connectivity index (χ0v) is 14.5. The number of carbonyl (C=O) groups is 1. The van der Waals surface area contributed by atoms with E-state index < -0.39 is 29.0 Å². The molecule has 9 heteroatoms. The molecule has 0 spiro atoms. The zero-order chi connectivity index (χ0) is 19.8. The van der Waals surface area contributed by atoms with Crippen LogP contribution in [0.3, 0.4) is 0 Å². The van der Waals surface area contributed by atoms with Gasteiger partial charge in [-0.25, -0.2) is 18.7 Å². The summed E-state index contributed by atoms with van der Waals surface area (Å²) in [6.45, 7) is 1.77. The van der Waals surface area contributed by atoms with Crippen molar-refractivity contribution in [1.82, 2.24) is 5.48 Å². The predicted octanol–water partition coefficient (Wildman–Crippen LogP) is 3.29. The maximum absolute atomic E-state index is 14.3. The Morgan fingerprint density at radius 2 is 1.89 bits per heavy atom. The van der Waals surface area contributed by atoms with E-state index in [9.17, 15) is 18.0 Å². The van der Waals surface area contributed by atoms with E-state index in [0.29, 0.717) is 6.61 Å². The molecular formula is C18H19F3N2O4. The summed E-state index contributed by atoms with van der Waals surface area (Å²) in [6.07, 6.45) is 0.743. The first-order valence-corrected chi connectivity index (χ1v) is 8.18. The number of ether oxygens (including phenoxy) is 1. The Labute approximate surface area is 153 Å². The number of aliphatic hydroxyl groups is 1. The van der Waals surface area contributed by atoms with Crippen LogP contribution in [0.2, 0.25) is 0 Å². The van der Waals surface area contributed by atoms with Crippen LogP contribution < -0.4 is 15.5 Å². The van der Waals surface area contributed by atoms with Gasteiger partial charge < -0.3 is 15.2 Å². The molecule has 0 heterocycles. The van der Waals surface area contributed by atoms with Crippen LogP contribution in [-0.4, -0.2) is 30.8 Å². The molecule has 1 amide bonds. The van der Waals surface area contributed by atoms with Crippen LogP contribution in [0.5, 0.6) is 5.75 Å². The summed E-state index contributed by atoms with van der Waals surface area (Å²) < 4.78 is 47.4. The number of hydrogen-bond acceptors (Lipinski definition) is 5. The Morgan fingerprint density at radius 3 is 2.56 bits per heavy atom. The molecule has 2 aromatic rings. The largest absolute Gasteiger partial charge is 0.493 e. The van der Waals surface area contributed by atoms with Gasteiger partial charge in [0, 0.05) is 6.07 Å². The van der Waals surface area contributed by atoms with Crippen LogP contribution in [-0.2, 0) is 4.84 Å². The van der Waals surface area contributed by atoms with Gasteiger partial charge in [-0.15, -0.1) is 0 Å². The van der Waals surface area contributed by atoms with E-state index in [1.807, 2.05) is 12.4 Å². The first-order chi connectivity index (χ1) is 13.0. The molecule has 0 unspecified atom stereocenters. The molecule has 146 valence electrons. The highest BCUT2D eigenvalue weighted by Gasteiger charge is 2.20. The van der Waals surface area contributed by atoms with Crippen molar-refractivity contribution in [1.29, 1.82) is 0 Å². The average Bonchev–Trinajstić information content (AvgIpc) is 2.65. The lowest BCUT2D eigenvalue weighted by atomic mass is 10.1. The molecule has 0 aliphatic carbocycles. The van der Waals surface area contributed by atoms with Gasteiger partial charge >= 0.3 is 0 Å². The molecule has 0 aliphatic heterocycles. The number of hydroxylamine groups is 1. The number of halogens is 3. The topological polar surface area (TPSA) is 79.8 Å². The lowest BCUT2D eigenvalue weighted by Crippen LogP contribution is -2.26. The van der Waals surface area contributed by atoms with Crippen molar-refractivity contribution in [3.63, 3.8) is 0 Å². The fraction of sp³-hybridized carbons (Fsp3) is 0.278. The highest BCUT2D eigenvalue weighted by Crippen LogP contribution is 2.29. The van der Waals surface area contributed by atoms with E-state index in [1.54, 1.807) is 0 Å². The number of carbonyl (C=O) groups excluding carboxylic acids is 1. The maximum atomic E-state index is 14.3. The number of nitrogens with one attached hydrogen (secondary N) is 2. The molecule has 6 nitrogen and oxygen atoms in total. The third kappa shape index (κ3) is 5.35. The van der Waals surface area contributed by atoms with E-state index in [-0.39, 0.29) is 30.2 Å². The van der Waals surface area contributed by atoms with E-state index in [1.165, 1.54) is 12.1 Å². The second-order valence-electron chi connectivity index (χ2n) is 5.40. The number of hydrogen-bond donors (Lipinski definition) is 3. The predicted molar refractivity (Wildman–Crippen MR) is 92.3 cm³/mol. The van der Waals surface area contributed by atoms with Gasteiger partial charge in [0.05, 0.1) is 36.8 Å². The smallest absolute Gasteiger partial charge is 0.277 e. The van der Waals surface area contributed by atoms with Gasteiger partial charge in [-0.05, 0) is 30.7 Å². The monoisotopic (exact) mass is 384 g/mol. The lowest BCUT2D eigenvalue weighted by Gasteiger charge is -2.15. The lowest BCUT2D eigenvalue weighted by molar-refractivity contribution is 0.0168. The quantitative estimate of drug-likeness (QED) is 0.457. The Balaban J connectivity index is 2.29. The van der Waals surface area contributed by atoms with Crippen LogP contribution in [0, 0.1) is 17.5 Å². The van der Waals surface area contributed by atoms with Crippen molar-refractivity contribution in [3.8, 4) is 5.75 Å². The van der Waals surface area contributed by atoms with E-state index in [0.717, 1.165) is 24.6 Å². The van der Waals surface area contributed by atoms with E-state index >= 15 is 0 Å². The molecule has 0 bridgehead atoms. The Morgan fingerprint density at radius 1 is 1.11 bits per heavy atom. The summed E-state index contributed by atoms with van der Waals surface area (Å²) in [5, 5.41) is 11.0. The van der Waals surface area contributed by atoms with Gasteiger partial charge in [0.25, 0.3) is 5.91 Å². The minimum Gasteiger partial charge on any atom is -0.493 e. The van der Waals surface area contributed by atoms with E-state index in [4.69, 9.17) is 9.84 Å². The van der Waals surface area contributed by atoms with Gasteiger partial charge in [-0.3, -0.25) is 9.63 Å². The van der Waals surface area contributed by atoms with Crippen molar-refractivity contribution in [2.24, 2.45) is 0 Å². The van der Waals surface area contributed by atoms with Gasteiger partial charge in [0.2, 0.25) is 0 Å².